The molecule has 1 saturated heterocycles. The molecular formula is C20H21F3N2O4S. The lowest BCUT2D eigenvalue weighted by Crippen LogP contribution is -2.56. The molecule has 1 aliphatic rings. The van der Waals surface area contributed by atoms with Crippen molar-refractivity contribution in [3.8, 4) is 5.75 Å². The van der Waals surface area contributed by atoms with Crippen LogP contribution in [0.4, 0.5) is 13.2 Å². The molecule has 0 radical (unpaired) electrons. The van der Waals surface area contributed by atoms with Gasteiger partial charge in [0.25, 0.3) is 5.91 Å². The van der Waals surface area contributed by atoms with Crippen molar-refractivity contribution in [1.29, 1.82) is 0 Å². The van der Waals surface area contributed by atoms with Crippen LogP contribution >= 0.6 is 0 Å². The van der Waals surface area contributed by atoms with E-state index < -0.39 is 39.0 Å². The highest BCUT2D eigenvalue weighted by Gasteiger charge is 2.38. The molecule has 0 atom stereocenters. The zero-order valence-corrected chi connectivity index (χ0v) is 17.3. The maximum atomic E-state index is 13.4. The number of halogens is 3. The number of hydrogen-bond donors (Lipinski definition) is 0. The maximum Gasteiger partial charge on any atom is 0.266 e. The Kier molecular flexibility index (Phi) is 6.09. The lowest BCUT2D eigenvalue weighted by Gasteiger charge is -2.38. The minimum atomic E-state index is -3.80. The van der Waals surface area contributed by atoms with Crippen LogP contribution in [0.1, 0.15) is 13.8 Å². The lowest BCUT2D eigenvalue weighted by molar-refractivity contribution is -0.146. The Morgan fingerprint density at radius 3 is 2.10 bits per heavy atom. The van der Waals surface area contributed by atoms with Crippen molar-refractivity contribution >= 4 is 15.9 Å². The molecule has 3 rings (SSSR count). The van der Waals surface area contributed by atoms with Gasteiger partial charge >= 0.3 is 0 Å². The Morgan fingerprint density at radius 1 is 0.933 bits per heavy atom. The van der Waals surface area contributed by atoms with Crippen molar-refractivity contribution in [3.05, 3.63) is 59.9 Å². The highest BCUT2D eigenvalue weighted by Crippen LogP contribution is 2.24. The number of hydrogen-bond acceptors (Lipinski definition) is 4. The molecule has 1 heterocycles. The first kappa shape index (κ1) is 22.1. The van der Waals surface area contributed by atoms with Crippen LogP contribution in [0, 0.1) is 17.5 Å². The molecule has 0 aliphatic carbocycles. The molecule has 2 aromatic carbocycles. The summed E-state index contributed by atoms with van der Waals surface area (Å²) < 4.78 is 71.7. The Balaban J connectivity index is 1.65. The van der Waals surface area contributed by atoms with Crippen LogP contribution in [0.2, 0.25) is 0 Å². The first-order chi connectivity index (χ1) is 14.0. The van der Waals surface area contributed by atoms with Gasteiger partial charge in [-0.3, -0.25) is 4.79 Å². The van der Waals surface area contributed by atoms with Gasteiger partial charge in [0.1, 0.15) is 11.6 Å². The third kappa shape index (κ3) is 4.59. The second kappa shape index (κ2) is 8.27. The third-order valence-corrected chi connectivity index (χ3v) is 6.67. The summed E-state index contributed by atoms with van der Waals surface area (Å²) in [4.78, 5) is 14.3. The Labute approximate surface area is 172 Å². The van der Waals surface area contributed by atoms with Crippen LogP contribution in [-0.2, 0) is 14.8 Å². The van der Waals surface area contributed by atoms with Gasteiger partial charge < -0.3 is 9.64 Å². The van der Waals surface area contributed by atoms with Gasteiger partial charge in [0.15, 0.2) is 17.2 Å². The SMILES string of the molecule is CC(C)(Oc1ccc(F)c(F)c1)C(=O)N1CCN(S(=O)(=O)c2ccc(F)cc2)CC1. The second-order valence-corrected chi connectivity index (χ2v) is 9.28. The first-order valence-corrected chi connectivity index (χ1v) is 10.6. The van der Waals surface area contributed by atoms with Crippen LogP contribution in [0.15, 0.2) is 47.4 Å². The Morgan fingerprint density at radius 2 is 1.53 bits per heavy atom. The summed E-state index contributed by atoms with van der Waals surface area (Å²) in [5.41, 5.74) is -1.37. The number of sulfonamides is 1. The molecule has 0 bridgehead atoms. The fraction of sp³-hybridized carbons (Fsp3) is 0.350. The van der Waals surface area contributed by atoms with Crippen LogP contribution in [0.3, 0.4) is 0 Å². The summed E-state index contributed by atoms with van der Waals surface area (Å²) in [6.07, 6.45) is 0. The van der Waals surface area contributed by atoms with Crippen LogP contribution in [0.5, 0.6) is 5.75 Å². The van der Waals surface area contributed by atoms with Gasteiger partial charge in [-0.25, -0.2) is 21.6 Å². The molecule has 1 aliphatic heterocycles. The highest BCUT2D eigenvalue weighted by atomic mass is 32.2. The summed E-state index contributed by atoms with van der Waals surface area (Å²) in [7, 11) is -3.80. The molecule has 6 nitrogen and oxygen atoms in total. The van der Waals surface area contributed by atoms with E-state index in [2.05, 4.69) is 0 Å². The van der Waals surface area contributed by atoms with E-state index in [9.17, 15) is 26.4 Å². The minimum absolute atomic E-state index is 0.00442. The van der Waals surface area contributed by atoms with Gasteiger partial charge in [-0.05, 0) is 50.2 Å². The van der Waals surface area contributed by atoms with E-state index in [1.165, 1.54) is 41.3 Å². The van der Waals surface area contributed by atoms with Crippen LogP contribution < -0.4 is 4.74 Å². The summed E-state index contributed by atoms with van der Waals surface area (Å²) in [6, 6.07) is 7.53. The van der Waals surface area contributed by atoms with Gasteiger partial charge in [0.2, 0.25) is 10.0 Å². The van der Waals surface area contributed by atoms with E-state index in [4.69, 9.17) is 4.74 Å². The molecule has 0 saturated carbocycles. The van der Waals surface area contributed by atoms with Gasteiger partial charge in [-0.15, -0.1) is 0 Å². The topological polar surface area (TPSA) is 66.9 Å². The smallest absolute Gasteiger partial charge is 0.266 e. The molecular weight excluding hydrogens is 421 g/mol. The average molecular weight is 442 g/mol. The number of ether oxygens (including phenoxy) is 1. The highest BCUT2D eigenvalue weighted by molar-refractivity contribution is 7.89. The fourth-order valence-electron chi connectivity index (χ4n) is 3.15. The van der Waals surface area contributed by atoms with Crippen LogP contribution in [-0.4, -0.2) is 55.3 Å². The van der Waals surface area contributed by atoms with E-state index >= 15 is 0 Å². The summed E-state index contributed by atoms with van der Waals surface area (Å²) >= 11 is 0. The predicted molar refractivity (Wildman–Crippen MR) is 103 cm³/mol. The van der Waals surface area contributed by atoms with E-state index in [1.54, 1.807) is 0 Å². The van der Waals surface area contributed by atoms with Crippen molar-refractivity contribution in [2.45, 2.75) is 24.3 Å². The van der Waals surface area contributed by atoms with Crippen molar-refractivity contribution < 1.29 is 31.1 Å². The van der Waals surface area contributed by atoms with Gasteiger partial charge in [0.05, 0.1) is 4.90 Å². The number of carbonyl (C=O) groups excluding carboxylic acids is 1. The number of nitrogens with zero attached hydrogens (tertiary/aromatic N) is 2. The summed E-state index contributed by atoms with van der Waals surface area (Å²) in [5.74, 6) is -3.05. The van der Waals surface area contributed by atoms with Gasteiger partial charge in [0, 0.05) is 32.2 Å². The number of amides is 1. The number of rotatable bonds is 5. The monoisotopic (exact) mass is 442 g/mol. The van der Waals surface area contributed by atoms with Crippen molar-refractivity contribution in [2.24, 2.45) is 0 Å². The maximum absolute atomic E-state index is 13.4. The molecule has 1 fully saturated rings. The zero-order valence-electron chi connectivity index (χ0n) is 16.4. The zero-order chi connectivity index (χ0) is 22.1. The third-order valence-electron chi connectivity index (χ3n) is 4.76. The standard InChI is InChI=1S/C20H21F3N2O4S/c1-20(2,29-15-5-8-17(22)18(23)13-15)19(26)24-9-11-25(12-10-24)30(27,28)16-6-3-14(21)4-7-16/h3-8,13H,9-12H2,1-2H3. The van der Waals surface area contributed by atoms with E-state index in [0.29, 0.717) is 0 Å². The number of carbonyl (C=O) groups is 1. The molecule has 0 N–H and O–H groups in total. The Bertz CT molecular complexity index is 1030. The molecule has 0 unspecified atom stereocenters. The summed E-state index contributed by atoms with van der Waals surface area (Å²) in [6.45, 7) is 3.38. The quantitative estimate of drug-likeness (QED) is 0.714. The van der Waals surface area contributed by atoms with E-state index in [0.717, 1.165) is 24.3 Å². The van der Waals surface area contributed by atoms with E-state index in [1.807, 2.05) is 0 Å². The van der Waals surface area contributed by atoms with Gasteiger partial charge in [-0.2, -0.15) is 4.31 Å². The van der Waals surface area contributed by atoms with Crippen LogP contribution in [0.25, 0.3) is 0 Å². The molecule has 2 aromatic rings. The van der Waals surface area contributed by atoms with Crippen molar-refractivity contribution in [1.82, 2.24) is 9.21 Å². The Hall–Kier alpha value is -2.59. The average Bonchev–Trinajstić information content (AvgIpc) is 2.70. The molecule has 1 amide bonds. The van der Waals surface area contributed by atoms with Crippen molar-refractivity contribution in [2.75, 3.05) is 26.2 Å². The molecule has 162 valence electrons. The fourth-order valence-corrected chi connectivity index (χ4v) is 4.57. The molecule has 30 heavy (non-hydrogen) atoms. The molecule has 0 spiro atoms. The number of benzene rings is 2. The lowest BCUT2D eigenvalue weighted by atomic mass is 10.1. The van der Waals surface area contributed by atoms with E-state index in [-0.39, 0.29) is 36.8 Å². The van der Waals surface area contributed by atoms with Crippen molar-refractivity contribution in [3.63, 3.8) is 0 Å². The van der Waals surface area contributed by atoms with Gasteiger partial charge in [-0.1, -0.05) is 0 Å². The largest absolute Gasteiger partial charge is 0.478 e. The number of piperazine rings is 1. The normalized spacial score (nSPS) is 15.8. The summed E-state index contributed by atoms with van der Waals surface area (Å²) in [5, 5.41) is 0. The minimum Gasteiger partial charge on any atom is -0.478 e. The molecule has 0 aromatic heterocycles. The molecule has 10 heteroatoms. The first-order valence-electron chi connectivity index (χ1n) is 9.20. The predicted octanol–water partition coefficient (Wildman–Crippen LogP) is 2.79. The second-order valence-electron chi connectivity index (χ2n) is 7.34.